The minimum atomic E-state index is -0.234. The van der Waals surface area contributed by atoms with Gasteiger partial charge in [-0.05, 0) is 38.0 Å². The van der Waals surface area contributed by atoms with Gasteiger partial charge in [0.05, 0.1) is 17.8 Å². The quantitative estimate of drug-likeness (QED) is 0.847. The van der Waals surface area contributed by atoms with Crippen LogP contribution in [-0.4, -0.2) is 52.6 Å². The van der Waals surface area contributed by atoms with Gasteiger partial charge in [-0.1, -0.05) is 18.2 Å². The van der Waals surface area contributed by atoms with Crippen molar-refractivity contribution < 1.29 is 9.53 Å². The van der Waals surface area contributed by atoms with Gasteiger partial charge in [0.2, 0.25) is 0 Å². The van der Waals surface area contributed by atoms with Crippen molar-refractivity contribution in [3.8, 4) is 0 Å². The van der Waals surface area contributed by atoms with Crippen LogP contribution < -0.4 is 4.90 Å². The van der Waals surface area contributed by atoms with Crippen molar-refractivity contribution in [1.29, 1.82) is 0 Å². The fourth-order valence-electron chi connectivity index (χ4n) is 3.80. The van der Waals surface area contributed by atoms with Gasteiger partial charge in [-0.3, -0.25) is 9.69 Å². The fraction of sp³-hybridized carbons (Fsp3) is 0.450. The molecule has 0 N–H and O–H groups in total. The minimum absolute atomic E-state index is 0.0423. The van der Waals surface area contributed by atoms with Crippen LogP contribution in [0.1, 0.15) is 24.4 Å². The van der Waals surface area contributed by atoms with Gasteiger partial charge in [-0.25, -0.2) is 9.97 Å². The van der Waals surface area contributed by atoms with Crippen LogP contribution in [0.15, 0.2) is 42.6 Å². The van der Waals surface area contributed by atoms with Crippen molar-refractivity contribution in [2.24, 2.45) is 0 Å². The van der Waals surface area contributed by atoms with Crippen LogP contribution in [0.4, 0.5) is 5.69 Å². The molecular weight excluding hydrogens is 328 g/mol. The lowest BCUT2D eigenvalue weighted by Crippen LogP contribution is -2.58. The maximum absolute atomic E-state index is 12.3. The van der Waals surface area contributed by atoms with E-state index in [1.54, 1.807) is 0 Å². The zero-order chi connectivity index (χ0) is 18.0. The summed E-state index contributed by atoms with van der Waals surface area (Å²) in [6.07, 6.45) is 3.66. The number of piperidine rings is 1. The maximum Gasteiger partial charge on any atom is 0.253 e. The molecule has 0 aliphatic carbocycles. The normalized spacial score (nSPS) is 20.5. The molecule has 4 rings (SSSR count). The van der Waals surface area contributed by atoms with Crippen molar-refractivity contribution in [3.63, 3.8) is 0 Å². The number of nitrogens with zero attached hydrogens (tertiary/aromatic N) is 4. The summed E-state index contributed by atoms with van der Waals surface area (Å²) in [5, 5.41) is 0. The number of aromatic nitrogens is 2. The lowest BCUT2D eigenvalue weighted by molar-refractivity contribution is -0.145. The van der Waals surface area contributed by atoms with Crippen LogP contribution in [0.5, 0.6) is 0 Å². The predicted octanol–water partition coefficient (Wildman–Crippen LogP) is 2.18. The summed E-state index contributed by atoms with van der Waals surface area (Å²) in [6, 6.07) is 11.9. The number of carbonyl (C=O) groups is 1. The average molecular weight is 352 g/mol. The van der Waals surface area contributed by atoms with Crippen molar-refractivity contribution in [1.82, 2.24) is 14.9 Å². The molecule has 1 spiro atoms. The first kappa shape index (κ1) is 17.1. The molecule has 6 nitrogen and oxygen atoms in total. The van der Waals surface area contributed by atoms with E-state index in [0.29, 0.717) is 6.54 Å². The summed E-state index contributed by atoms with van der Waals surface area (Å²) in [6.45, 7) is 5.44. The first-order valence-corrected chi connectivity index (χ1v) is 9.14. The number of aryl methyl sites for hydroxylation is 1. The lowest BCUT2D eigenvalue weighted by Gasteiger charge is -2.47. The van der Waals surface area contributed by atoms with E-state index in [-0.39, 0.29) is 18.1 Å². The Hall–Kier alpha value is -2.31. The first-order valence-electron chi connectivity index (χ1n) is 9.14. The molecule has 0 radical (unpaired) electrons. The number of para-hydroxylation sites is 1. The third-order valence-electron chi connectivity index (χ3n) is 5.30. The number of rotatable bonds is 3. The predicted molar refractivity (Wildman–Crippen MR) is 98.8 cm³/mol. The summed E-state index contributed by atoms with van der Waals surface area (Å²) in [5.74, 6) is 0.851. The molecular formula is C20H24N4O2. The van der Waals surface area contributed by atoms with Crippen LogP contribution in [0.25, 0.3) is 0 Å². The molecule has 3 heterocycles. The highest BCUT2D eigenvalue weighted by Gasteiger charge is 2.42. The zero-order valence-electron chi connectivity index (χ0n) is 15.1. The third kappa shape index (κ3) is 3.61. The van der Waals surface area contributed by atoms with E-state index < -0.39 is 0 Å². The Labute approximate surface area is 153 Å². The van der Waals surface area contributed by atoms with Gasteiger partial charge < -0.3 is 9.64 Å². The fourth-order valence-corrected chi connectivity index (χ4v) is 3.80. The highest BCUT2D eigenvalue weighted by Crippen LogP contribution is 2.33. The van der Waals surface area contributed by atoms with E-state index >= 15 is 0 Å². The number of carbonyl (C=O) groups excluding carboxylic acids is 1. The number of benzene rings is 1. The monoisotopic (exact) mass is 352 g/mol. The number of morpholine rings is 1. The largest absolute Gasteiger partial charge is 0.363 e. The van der Waals surface area contributed by atoms with Gasteiger partial charge in [0.15, 0.2) is 0 Å². The first-order chi connectivity index (χ1) is 12.6. The summed E-state index contributed by atoms with van der Waals surface area (Å²) in [4.78, 5) is 25.3. The minimum Gasteiger partial charge on any atom is -0.363 e. The summed E-state index contributed by atoms with van der Waals surface area (Å²) in [7, 11) is 0. The van der Waals surface area contributed by atoms with E-state index in [1.807, 2.05) is 54.4 Å². The van der Waals surface area contributed by atoms with Crippen molar-refractivity contribution in [2.45, 2.75) is 31.9 Å². The Morgan fingerprint density at radius 1 is 1.15 bits per heavy atom. The molecule has 0 saturated carbocycles. The Morgan fingerprint density at radius 3 is 2.65 bits per heavy atom. The summed E-state index contributed by atoms with van der Waals surface area (Å²) < 4.78 is 6.04. The van der Waals surface area contributed by atoms with Crippen LogP contribution in [0.2, 0.25) is 0 Å². The highest BCUT2D eigenvalue weighted by atomic mass is 16.5. The molecule has 0 bridgehead atoms. The molecule has 1 aromatic heterocycles. The molecule has 2 aliphatic heterocycles. The van der Waals surface area contributed by atoms with E-state index in [0.717, 1.165) is 49.7 Å². The molecule has 1 amide bonds. The molecule has 1 aromatic carbocycles. The molecule has 136 valence electrons. The summed E-state index contributed by atoms with van der Waals surface area (Å²) in [5.41, 5.74) is 1.78. The molecule has 0 unspecified atom stereocenters. The third-order valence-corrected chi connectivity index (χ3v) is 5.30. The van der Waals surface area contributed by atoms with Gasteiger partial charge in [-0.2, -0.15) is 0 Å². The Bertz CT molecular complexity index is 772. The maximum atomic E-state index is 12.3. The van der Waals surface area contributed by atoms with Crippen molar-refractivity contribution >= 4 is 11.6 Å². The standard InChI is InChI=1S/C20H24N4O2/c1-16-21-10-7-17(22-16)13-23-11-8-20(9-12-23)15-24(19(25)14-26-20)18-5-3-2-4-6-18/h2-7,10H,8-9,11-15H2,1H3. The highest BCUT2D eigenvalue weighted by molar-refractivity contribution is 5.95. The van der Waals surface area contributed by atoms with Gasteiger partial charge in [0, 0.05) is 31.5 Å². The molecule has 26 heavy (non-hydrogen) atoms. The molecule has 2 fully saturated rings. The van der Waals surface area contributed by atoms with Gasteiger partial charge in [0.25, 0.3) is 5.91 Å². The number of amides is 1. The van der Waals surface area contributed by atoms with E-state index in [1.165, 1.54) is 0 Å². The van der Waals surface area contributed by atoms with Gasteiger partial charge in [-0.15, -0.1) is 0 Å². The average Bonchev–Trinajstić information content (AvgIpc) is 2.67. The van der Waals surface area contributed by atoms with Gasteiger partial charge >= 0.3 is 0 Å². The van der Waals surface area contributed by atoms with Gasteiger partial charge in [0.1, 0.15) is 12.4 Å². The molecule has 2 saturated heterocycles. The van der Waals surface area contributed by atoms with E-state index in [2.05, 4.69) is 14.9 Å². The van der Waals surface area contributed by atoms with Crippen molar-refractivity contribution in [3.05, 3.63) is 54.1 Å². The van der Waals surface area contributed by atoms with E-state index in [9.17, 15) is 4.79 Å². The Balaban J connectivity index is 1.40. The number of hydrogen-bond acceptors (Lipinski definition) is 5. The van der Waals surface area contributed by atoms with Crippen LogP contribution in [-0.2, 0) is 16.1 Å². The number of anilines is 1. The number of likely N-dealkylation sites (tertiary alicyclic amines) is 1. The van der Waals surface area contributed by atoms with Crippen LogP contribution >= 0.6 is 0 Å². The van der Waals surface area contributed by atoms with E-state index in [4.69, 9.17) is 4.74 Å². The number of hydrogen-bond donors (Lipinski definition) is 0. The van der Waals surface area contributed by atoms with Crippen LogP contribution in [0, 0.1) is 6.92 Å². The second kappa shape index (κ2) is 7.13. The zero-order valence-corrected chi connectivity index (χ0v) is 15.1. The molecule has 2 aliphatic rings. The molecule has 2 aromatic rings. The van der Waals surface area contributed by atoms with Crippen molar-refractivity contribution in [2.75, 3.05) is 31.1 Å². The second-order valence-electron chi connectivity index (χ2n) is 7.16. The lowest BCUT2D eigenvalue weighted by atomic mass is 9.89. The number of ether oxygens (including phenoxy) is 1. The topological polar surface area (TPSA) is 58.6 Å². The SMILES string of the molecule is Cc1nccc(CN2CCC3(CC2)CN(c2ccccc2)C(=O)CO3)n1. The molecule has 6 heteroatoms. The summed E-state index contributed by atoms with van der Waals surface area (Å²) >= 11 is 0. The Morgan fingerprint density at radius 2 is 1.92 bits per heavy atom. The second-order valence-corrected chi connectivity index (χ2v) is 7.16. The Kier molecular flexibility index (Phi) is 4.70. The van der Waals surface area contributed by atoms with Crippen LogP contribution in [0.3, 0.4) is 0 Å². The smallest absolute Gasteiger partial charge is 0.253 e. The molecule has 0 atom stereocenters.